The van der Waals surface area contributed by atoms with Crippen LogP contribution in [0.3, 0.4) is 0 Å². The van der Waals surface area contributed by atoms with Crippen LogP contribution >= 0.6 is 0 Å². The Balaban J connectivity index is 1.69. The molecule has 2 aliphatic rings. The van der Waals surface area contributed by atoms with Crippen molar-refractivity contribution in [2.45, 2.75) is 44.9 Å². The van der Waals surface area contributed by atoms with Gasteiger partial charge >= 0.3 is 0 Å². The molecule has 1 amide bonds. The largest absolute Gasteiger partial charge is 0.491 e. The summed E-state index contributed by atoms with van der Waals surface area (Å²) >= 11 is 0. The van der Waals surface area contributed by atoms with Gasteiger partial charge in [-0.15, -0.1) is 0 Å². The first-order chi connectivity index (χ1) is 12.8. The Kier molecular flexibility index (Phi) is 4.02. The first kappa shape index (κ1) is 17.7. The molecule has 1 fully saturated rings. The van der Waals surface area contributed by atoms with E-state index in [9.17, 15) is 4.79 Å². The Hall–Kier alpha value is -2.75. The number of ether oxygens (including phenoxy) is 1. The molecule has 140 valence electrons. The van der Waals surface area contributed by atoms with Gasteiger partial charge in [-0.3, -0.25) is 4.79 Å². The number of hydrogen-bond donors (Lipinski definition) is 1. The smallest absolute Gasteiger partial charge is 0.241 e. The molecule has 0 bridgehead atoms. The van der Waals surface area contributed by atoms with Crippen LogP contribution in [0.1, 0.15) is 38.8 Å². The number of nitrogens with zero attached hydrogens (tertiary/aromatic N) is 1. The maximum Gasteiger partial charge on any atom is 0.241 e. The average molecular weight is 362 g/mol. The molecule has 0 spiro atoms. The molecule has 1 saturated heterocycles. The van der Waals surface area contributed by atoms with Gasteiger partial charge in [0.15, 0.2) is 0 Å². The molecule has 0 aromatic heterocycles. The van der Waals surface area contributed by atoms with Crippen molar-refractivity contribution in [3.05, 3.63) is 65.7 Å². The second-order valence-electron chi connectivity index (χ2n) is 8.11. The van der Waals surface area contributed by atoms with Crippen LogP contribution in [0.25, 0.3) is 6.08 Å². The summed E-state index contributed by atoms with van der Waals surface area (Å²) in [5.74, 6) is 0.924. The molecule has 2 heterocycles. The van der Waals surface area contributed by atoms with Crippen molar-refractivity contribution in [3.8, 4) is 5.75 Å². The van der Waals surface area contributed by atoms with E-state index in [1.54, 1.807) is 0 Å². The number of para-hydroxylation sites is 1. The van der Waals surface area contributed by atoms with E-state index in [2.05, 4.69) is 54.4 Å². The van der Waals surface area contributed by atoms with Gasteiger partial charge in [0.05, 0.1) is 12.6 Å². The second-order valence-corrected chi connectivity index (χ2v) is 8.11. The average Bonchev–Trinajstić information content (AvgIpc) is 3.06. The first-order valence-corrected chi connectivity index (χ1v) is 9.48. The molecule has 4 nitrogen and oxygen atoms in total. The van der Waals surface area contributed by atoms with E-state index in [0.717, 1.165) is 17.0 Å². The monoisotopic (exact) mass is 362 g/mol. The summed E-state index contributed by atoms with van der Waals surface area (Å²) in [5, 5.41) is 3.25. The fraction of sp³-hybridized carbons (Fsp3) is 0.348. The minimum atomic E-state index is -0.555. The Labute approximate surface area is 160 Å². The Morgan fingerprint density at radius 3 is 2.52 bits per heavy atom. The number of carbonyl (C=O) groups excluding carboxylic acids is 1. The molecule has 0 unspecified atom stereocenters. The summed E-state index contributed by atoms with van der Waals surface area (Å²) in [6.45, 7) is 8.81. The van der Waals surface area contributed by atoms with Crippen LogP contribution in [0.2, 0.25) is 0 Å². The number of anilines is 1. The zero-order chi connectivity index (χ0) is 19.2. The minimum absolute atomic E-state index is 0.0582. The van der Waals surface area contributed by atoms with Gasteiger partial charge in [-0.2, -0.15) is 0 Å². The van der Waals surface area contributed by atoms with Crippen molar-refractivity contribution in [1.29, 1.82) is 0 Å². The van der Waals surface area contributed by atoms with Crippen LogP contribution in [0.5, 0.6) is 5.75 Å². The van der Waals surface area contributed by atoms with Crippen molar-refractivity contribution < 1.29 is 9.53 Å². The number of hydrogen-bond acceptors (Lipinski definition) is 3. The van der Waals surface area contributed by atoms with Gasteiger partial charge in [0.2, 0.25) is 5.91 Å². The SMILES string of the molecule is CC(C)Oc1ccc(/C=C/[C@@]23NC(=O)CN2c2ccccc2C3(C)C)cc1. The summed E-state index contributed by atoms with van der Waals surface area (Å²) in [6.07, 6.45) is 4.38. The molecule has 4 rings (SSSR count). The van der Waals surface area contributed by atoms with E-state index in [1.165, 1.54) is 5.56 Å². The van der Waals surface area contributed by atoms with Gasteiger partial charge in [0, 0.05) is 11.1 Å². The molecule has 1 atom stereocenters. The van der Waals surface area contributed by atoms with Crippen molar-refractivity contribution in [3.63, 3.8) is 0 Å². The van der Waals surface area contributed by atoms with Crippen LogP contribution in [0, 0.1) is 0 Å². The van der Waals surface area contributed by atoms with Gasteiger partial charge in [0.1, 0.15) is 11.4 Å². The number of nitrogens with one attached hydrogen (secondary N) is 1. The van der Waals surface area contributed by atoms with E-state index in [1.807, 2.05) is 44.2 Å². The fourth-order valence-electron chi connectivity index (χ4n) is 4.29. The molecule has 0 radical (unpaired) electrons. The summed E-state index contributed by atoms with van der Waals surface area (Å²) in [5.41, 5.74) is 2.67. The van der Waals surface area contributed by atoms with Crippen LogP contribution < -0.4 is 15.0 Å². The predicted octanol–water partition coefficient (Wildman–Crippen LogP) is 4.11. The number of fused-ring (bicyclic) bond motifs is 3. The summed E-state index contributed by atoms with van der Waals surface area (Å²) in [4.78, 5) is 14.5. The molecule has 2 aromatic rings. The Morgan fingerprint density at radius 1 is 1.11 bits per heavy atom. The van der Waals surface area contributed by atoms with E-state index in [-0.39, 0.29) is 17.4 Å². The van der Waals surface area contributed by atoms with E-state index < -0.39 is 5.66 Å². The lowest BCUT2D eigenvalue weighted by Gasteiger charge is -2.40. The zero-order valence-corrected chi connectivity index (χ0v) is 16.3. The van der Waals surface area contributed by atoms with Gasteiger partial charge in [-0.05, 0) is 49.2 Å². The Morgan fingerprint density at radius 2 is 1.81 bits per heavy atom. The summed E-state index contributed by atoms with van der Waals surface area (Å²) in [7, 11) is 0. The lowest BCUT2D eigenvalue weighted by atomic mass is 9.75. The quantitative estimate of drug-likeness (QED) is 0.890. The molecular weight excluding hydrogens is 336 g/mol. The zero-order valence-electron chi connectivity index (χ0n) is 16.3. The van der Waals surface area contributed by atoms with E-state index in [4.69, 9.17) is 4.74 Å². The predicted molar refractivity (Wildman–Crippen MR) is 109 cm³/mol. The number of rotatable bonds is 4. The number of benzene rings is 2. The van der Waals surface area contributed by atoms with Gasteiger partial charge in [0.25, 0.3) is 0 Å². The van der Waals surface area contributed by atoms with E-state index >= 15 is 0 Å². The molecule has 2 aliphatic heterocycles. The number of carbonyl (C=O) groups is 1. The van der Waals surface area contributed by atoms with Crippen LogP contribution in [0.15, 0.2) is 54.6 Å². The standard InChI is InChI=1S/C23H26N2O2/c1-16(2)27-18-11-9-17(10-12-18)13-14-23-22(3,4)19-7-5-6-8-20(19)25(23)15-21(26)24-23/h5-14,16H,15H2,1-4H3,(H,24,26)/b14-13+/t23-/m1/s1. The molecule has 1 N–H and O–H groups in total. The third-order valence-corrected chi connectivity index (χ3v) is 5.65. The third kappa shape index (κ3) is 2.71. The highest BCUT2D eigenvalue weighted by Gasteiger charge is 2.59. The summed E-state index contributed by atoms with van der Waals surface area (Å²) < 4.78 is 5.72. The normalized spacial score (nSPS) is 22.9. The molecule has 0 saturated carbocycles. The third-order valence-electron chi connectivity index (χ3n) is 5.65. The maximum atomic E-state index is 12.3. The van der Waals surface area contributed by atoms with Crippen LogP contribution in [-0.2, 0) is 10.2 Å². The van der Waals surface area contributed by atoms with Gasteiger partial charge in [-0.25, -0.2) is 0 Å². The lowest BCUT2D eigenvalue weighted by molar-refractivity contribution is -0.118. The lowest BCUT2D eigenvalue weighted by Crippen LogP contribution is -2.58. The maximum absolute atomic E-state index is 12.3. The molecule has 27 heavy (non-hydrogen) atoms. The Bertz CT molecular complexity index is 899. The van der Waals surface area contributed by atoms with Crippen LogP contribution in [0.4, 0.5) is 5.69 Å². The first-order valence-electron chi connectivity index (χ1n) is 9.48. The van der Waals surface area contributed by atoms with Gasteiger partial charge in [-0.1, -0.05) is 50.3 Å². The molecule has 2 aromatic carbocycles. The van der Waals surface area contributed by atoms with Crippen LogP contribution in [-0.4, -0.2) is 24.2 Å². The highest BCUT2D eigenvalue weighted by atomic mass is 16.5. The second kappa shape index (κ2) is 6.15. The minimum Gasteiger partial charge on any atom is -0.491 e. The van der Waals surface area contributed by atoms with Crippen molar-refractivity contribution in [1.82, 2.24) is 5.32 Å². The van der Waals surface area contributed by atoms with Gasteiger partial charge < -0.3 is 15.0 Å². The summed E-state index contributed by atoms with van der Waals surface area (Å²) in [6, 6.07) is 16.4. The highest BCUT2D eigenvalue weighted by Crippen LogP contribution is 2.52. The molecular formula is C23H26N2O2. The molecule has 0 aliphatic carbocycles. The molecule has 4 heteroatoms. The van der Waals surface area contributed by atoms with Crippen molar-refractivity contribution in [2.75, 3.05) is 11.4 Å². The number of amides is 1. The highest BCUT2D eigenvalue weighted by molar-refractivity contribution is 5.91. The fourth-order valence-corrected chi connectivity index (χ4v) is 4.29. The van der Waals surface area contributed by atoms with Crippen molar-refractivity contribution in [2.24, 2.45) is 0 Å². The van der Waals surface area contributed by atoms with E-state index in [0.29, 0.717) is 6.54 Å². The topological polar surface area (TPSA) is 41.6 Å². The van der Waals surface area contributed by atoms with Crippen molar-refractivity contribution >= 4 is 17.7 Å².